The van der Waals surface area contributed by atoms with E-state index in [-0.39, 0.29) is 0 Å². The van der Waals surface area contributed by atoms with Crippen molar-refractivity contribution in [3.8, 4) is 67.3 Å². The maximum absolute atomic E-state index is 6.61. The molecule has 0 N–H and O–H groups in total. The minimum absolute atomic E-state index is 0.659. The van der Waals surface area contributed by atoms with Crippen molar-refractivity contribution in [1.82, 2.24) is 9.97 Å². The zero-order chi connectivity index (χ0) is 39.6. The molecule has 12 aromatic rings. The van der Waals surface area contributed by atoms with Gasteiger partial charge in [-0.1, -0.05) is 170 Å². The molecular formula is C56H34N2O2. The van der Waals surface area contributed by atoms with Gasteiger partial charge in [0.05, 0.1) is 11.4 Å². The first-order chi connectivity index (χ1) is 29.7. The molecule has 3 aromatic heterocycles. The second kappa shape index (κ2) is 13.8. The zero-order valence-electron chi connectivity index (χ0n) is 32.3. The van der Waals surface area contributed by atoms with Crippen molar-refractivity contribution in [2.24, 2.45) is 0 Å². The Morgan fingerprint density at radius 2 is 0.750 bits per heavy atom. The largest absolute Gasteiger partial charge is 0.455 e. The highest BCUT2D eigenvalue weighted by Gasteiger charge is 2.19. The summed E-state index contributed by atoms with van der Waals surface area (Å²) >= 11 is 0. The van der Waals surface area contributed by atoms with Gasteiger partial charge in [0.2, 0.25) is 0 Å². The van der Waals surface area contributed by atoms with Gasteiger partial charge >= 0.3 is 0 Å². The number of hydrogen-bond donors (Lipinski definition) is 0. The number of rotatable bonds is 6. The topological polar surface area (TPSA) is 52.1 Å². The van der Waals surface area contributed by atoms with Crippen LogP contribution in [0.4, 0.5) is 0 Å². The maximum atomic E-state index is 6.61. The Morgan fingerprint density at radius 1 is 0.283 bits per heavy atom. The predicted molar refractivity (Wildman–Crippen MR) is 247 cm³/mol. The van der Waals surface area contributed by atoms with Gasteiger partial charge < -0.3 is 8.83 Å². The second-order valence-corrected chi connectivity index (χ2v) is 15.3. The average molecular weight is 767 g/mol. The van der Waals surface area contributed by atoms with Gasteiger partial charge in [-0.25, -0.2) is 9.97 Å². The molecule has 0 bridgehead atoms. The lowest BCUT2D eigenvalue weighted by atomic mass is 9.93. The molecule has 0 saturated carbocycles. The number of aromatic nitrogens is 2. The molecule has 0 amide bonds. The summed E-state index contributed by atoms with van der Waals surface area (Å²) in [5.41, 5.74) is 14.4. The summed E-state index contributed by atoms with van der Waals surface area (Å²) in [7, 11) is 0. The quantitative estimate of drug-likeness (QED) is 0.169. The highest BCUT2D eigenvalue weighted by atomic mass is 16.3. The Hall–Kier alpha value is -8.08. The minimum Gasteiger partial charge on any atom is -0.455 e. The first kappa shape index (κ1) is 34.0. The van der Waals surface area contributed by atoms with E-state index in [1.807, 2.05) is 42.5 Å². The maximum Gasteiger partial charge on any atom is 0.160 e. The van der Waals surface area contributed by atoms with E-state index >= 15 is 0 Å². The van der Waals surface area contributed by atoms with E-state index in [0.29, 0.717) is 5.82 Å². The van der Waals surface area contributed by atoms with Gasteiger partial charge in [0.15, 0.2) is 5.82 Å². The van der Waals surface area contributed by atoms with Gasteiger partial charge in [0.1, 0.15) is 22.3 Å². The van der Waals surface area contributed by atoms with E-state index in [9.17, 15) is 0 Å². The molecule has 0 saturated heterocycles. The first-order valence-corrected chi connectivity index (χ1v) is 20.2. The normalized spacial score (nSPS) is 11.7. The lowest BCUT2D eigenvalue weighted by Gasteiger charge is -2.14. The van der Waals surface area contributed by atoms with Gasteiger partial charge in [-0.3, -0.25) is 0 Å². The molecule has 12 rings (SSSR count). The number of hydrogen-bond acceptors (Lipinski definition) is 4. The Kier molecular flexibility index (Phi) is 7.82. The van der Waals surface area contributed by atoms with Crippen LogP contribution in [0, 0.1) is 0 Å². The van der Waals surface area contributed by atoms with Crippen LogP contribution in [0.5, 0.6) is 0 Å². The Balaban J connectivity index is 1.07. The molecule has 0 aliphatic carbocycles. The fourth-order valence-corrected chi connectivity index (χ4v) is 8.79. The van der Waals surface area contributed by atoms with E-state index in [4.69, 9.17) is 18.8 Å². The van der Waals surface area contributed by atoms with Crippen molar-refractivity contribution < 1.29 is 8.83 Å². The molecule has 0 spiro atoms. The number of para-hydroxylation sites is 4. The van der Waals surface area contributed by atoms with E-state index in [1.165, 1.54) is 16.3 Å². The molecule has 4 nitrogen and oxygen atoms in total. The van der Waals surface area contributed by atoms with Crippen molar-refractivity contribution in [2.45, 2.75) is 0 Å². The van der Waals surface area contributed by atoms with Crippen molar-refractivity contribution in [3.63, 3.8) is 0 Å². The van der Waals surface area contributed by atoms with Gasteiger partial charge in [0, 0.05) is 49.4 Å². The third-order valence-electron chi connectivity index (χ3n) is 11.7. The van der Waals surface area contributed by atoms with Crippen LogP contribution in [0.3, 0.4) is 0 Å². The van der Waals surface area contributed by atoms with Crippen LogP contribution in [-0.2, 0) is 0 Å². The molecule has 4 heteroatoms. The molecule has 0 aliphatic heterocycles. The van der Waals surface area contributed by atoms with Crippen molar-refractivity contribution in [3.05, 3.63) is 206 Å². The fraction of sp³-hybridized carbons (Fsp3) is 0. The summed E-state index contributed by atoms with van der Waals surface area (Å²) < 4.78 is 13.2. The molecule has 280 valence electrons. The van der Waals surface area contributed by atoms with Crippen LogP contribution in [0.2, 0.25) is 0 Å². The van der Waals surface area contributed by atoms with E-state index in [2.05, 4.69) is 164 Å². The highest BCUT2D eigenvalue weighted by molar-refractivity contribution is 6.12. The molecule has 0 fully saturated rings. The van der Waals surface area contributed by atoms with Crippen LogP contribution < -0.4 is 0 Å². The molecular weight excluding hydrogens is 733 g/mol. The summed E-state index contributed by atoms with van der Waals surface area (Å²) in [6, 6.07) is 72.1. The van der Waals surface area contributed by atoms with Gasteiger partial charge in [-0.15, -0.1) is 0 Å². The average Bonchev–Trinajstić information content (AvgIpc) is 3.90. The molecule has 0 atom stereocenters. The van der Waals surface area contributed by atoms with E-state index in [0.717, 1.165) is 99.8 Å². The van der Waals surface area contributed by atoms with Crippen LogP contribution in [0.25, 0.3) is 122 Å². The van der Waals surface area contributed by atoms with Crippen LogP contribution in [0.1, 0.15) is 0 Å². The summed E-state index contributed by atoms with van der Waals surface area (Å²) in [6.07, 6.45) is 0. The summed E-state index contributed by atoms with van der Waals surface area (Å²) in [5.74, 6) is 0.659. The monoisotopic (exact) mass is 766 g/mol. The Bertz CT molecular complexity index is 3460. The first-order valence-electron chi connectivity index (χ1n) is 20.2. The number of benzene rings is 9. The molecule has 3 heterocycles. The second-order valence-electron chi connectivity index (χ2n) is 15.3. The minimum atomic E-state index is 0.659. The summed E-state index contributed by atoms with van der Waals surface area (Å²) in [6.45, 7) is 0. The van der Waals surface area contributed by atoms with Crippen LogP contribution >= 0.6 is 0 Å². The van der Waals surface area contributed by atoms with Crippen molar-refractivity contribution >= 4 is 54.6 Å². The molecule has 0 unspecified atom stereocenters. The third kappa shape index (κ3) is 5.69. The SMILES string of the molecule is c1ccc(-c2nc(-c3ccc(-c4cccc5ccccc45)cc3)cc(-c3cc(-c4cccc5c4oc4ccccc45)cc(-c4cccc5c4oc4ccccc45)c3)n2)cc1. The van der Waals surface area contributed by atoms with Crippen LogP contribution in [0.15, 0.2) is 215 Å². The number of fused-ring (bicyclic) bond motifs is 7. The van der Waals surface area contributed by atoms with Crippen LogP contribution in [-0.4, -0.2) is 9.97 Å². The molecule has 0 aliphatic rings. The molecule has 60 heavy (non-hydrogen) atoms. The standard InChI is InChI=1S/C56H34N2O2/c1-2-14-38(15-3-1)56-57-50(37-29-27-36(28-30-37)43-20-10-16-35-13-4-5-17-42(35)43)34-51(58-56)41-32-39(44-21-11-23-48-46-18-6-8-25-52(46)59-54(44)48)31-40(33-41)45-22-12-24-49-47-19-7-9-26-53(47)60-55(45)49/h1-34H. The highest BCUT2D eigenvalue weighted by Crippen LogP contribution is 2.42. The Labute approximate surface area is 345 Å². The van der Waals surface area contributed by atoms with Crippen molar-refractivity contribution in [1.29, 1.82) is 0 Å². The predicted octanol–water partition coefficient (Wildman–Crippen LogP) is 15.4. The number of nitrogens with zero attached hydrogens (tertiary/aromatic N) is 2. The third-order valence-corrected chi connectivity index (χ3v) is 11.7. The van der Waals surface area contributed by atoms with Gasteiger partial charge in [0.25, 0.3) is 0 Å². The zero-order valence-corrected chi connectivity index (χ0v) is 32.3. The smallest absolute Gasteiger partial charge is 0.160 e. The van der Waals surface area contributed by atoms with Crippen molar-refractivity contribution in [2.75, 3.05) is 0 Å². The number of furan rings is 2. The fourth-order valence-electron chi connectivity index (χ4n) is 8.79. The Morgan fingerprint density at radius 3 is 1.40 bits per heavy atom. The van der Waals surface area contributed by atoms with E-state index in [1.54, 1.807) is 0 Å². The lowest BCUT2D eigenvalue weighted by molar-refractivity contribution is 0.670. The van der Waals surface area contributed by atoms with Gasteiger partial charge in [-0.05, 0) is 69.4 Å². The molecule has 9 aromatic carbocycles. The summed E-state index contributed by atoms with van der Waals surface area (Å²) in [4.78, 5) is 10.5. The lowest BCUT2D eigenvalue weighted by Crippen LogP contribution is -1.97. The van der Waals surface area contributed by atoms with E-state index < -0.39 is 0 Å². The molecule has 0 radical (unpaired) electrons. The summed E-state index contributed by atoms with van der Waals surface area (Å²) in [5, 5.41) is 6.81. The van der Waals surface area contributed by atoms with Gasteiger partial charge in [-0.2, -0.15) is 0 Å².